The number of benzene rings is 2. The van der Waals surface area contributed by atoms with E-state index in [0.717, 1.165) is 15.8 Å². The molecule has 27 heavy (non-hydrogen) atoms. The maximum atomic E-state index is 13.0. The number of aromatic nitrogens is 3. The van der Waals surface area contributed by atoms with E-state index in [1.54, 1.807) is 24.3 Å². The van der Waals surface area contributed by atoms with Crippen LogP contribution in [0.15, 0.2) is 47.3 Å². The van der Waals surface area contributed by atoms with Gasteiger partial charge in [0.25, 0.3) is 11.5 Å². The predicted octanol–water partition coefficient (Wildman–Crippen LogP) is 4.15. The zero-order valence-electron chi connectivity index (χ0n) is 15.2. The zero-order valence-corrected chi connectivity index (χ0v) is 16.0. The molecule has 0 aliphatic carbocycles. The van der Waals surface area contributed by atoms with Gasteiger partial charge in [-0.05, 0) is 38.5 Å². The van der Waals surface area contributed by atoms with Gasteiger partial charge in [0.05, 0.1) is 21.6 Å². The number of carbonyl (C=O) groups excluding carboxylic acids is 1. The van der Waals surface area contributed by atoms with Gasteiger partial charge in [0.2, 0.25) is 0 Å². The number of aryl methyl sites for hydroxylation is 1. The highest BCUT2D eigenvalue weighted by atomic mass is 32.1. The number of anilines is 1. The van der Waals surface area contributed by atoms with E-state index < -0.39 is 0 Å². The van der Waals surface area contributed by atoms with Crippen molar-refractivity contribution in [3.8, 4) is 0 Å². The van der Waals surface area contributed by atoms with Crippen LogP contribution in [0.4, 0.5) is 5.13 Å². The molecule has 0 unspecified atom stereocenters. The third-order valence-electron chi connectivity index (χ3n) is 4.37. The van der Waals surface area contributed by atoms with Crippen LogP contribution in [0.5, 0.6) is 0 Å². The molecule has 2 aromatic heterocycles. The molecule has 6 nitrogen and oxygen atoms in total. The Hall–Kier alpha value is -3.06. The van der Waals surface area contributed by atoms with Gasteiger partial charge < -0.3 is 0 Å². The number of nitrogens with one attached hydrogen (secondary N) is 1. The number of carbonyl (C=O) groups is 1. The number of hydrogen-bond donors (Lipinski definition) is 1. The summed E-state index contributed by atoms with van der Waals surface area (Å²) in [5.74, 6) is -0.377. The first kappa shape index (κ1) is 17.4. The van der Waals surface area contributed by atoms with E-state index in [9.17, 15) is 9.59 Å². The average molecular weight is 378 g/mol. The maximum Gasteiger partial charge on any atom is 0.278 e. The number of rotatable bonds is 3. The molecule has 2 aromatic carbocycles. The SMILES string of the molecule is Cc1cccc2sc(NC(=O)c3nn(C(C)C)c(=O)c4ccccc34)nc12. The Morgan fingerprint density at radius 2 is 1.85 bits per heavy atom. The highest BCUT2D eigenvalue weighted by Crippen LogP contribution is 2.28. The van der Waals surface area contributed by atoms with E-state index in [2.05, 4.69) is 15.4 Å². The molecule has 4 rings (SSSR count). The summed E-state index contributed by atoms with van der Waals surface area (Å²) in [6.45, 7) is 5.71. The van der Waals surface area contributed by atoms with Crippen molar-refractivity contribution in [2.45, 2.75) is 26.8 Å². The highest BCUT2D eigenvalue weighted by molar-refractivity contribution is 7.22. The monoisotopic (exact) mass is 378 g/mol. The van der Waals surface area contributed by atoms with E-state index in [4.69, 9.17) is 0 Å². The molecule has 4 aromatic rings. The molecule has 7 heteroatoms. The summed E-state index contributed by atoms with van der Waals surface area (Å²) in [7, 11) is 0. The molecule has 1 N–H and O–H groups in total. The van der Waals surface area contributed by atoms with Crippen LogP contribution >= 0.6 is 11.3 Å². The van der Waals surface area contributed by atoms with Crippen molar-refractivity contribution >= 4 is 43.4 Å². The first-order valence-electron chi connectivity index (χ1n) is 8.65. The predicted molar refractivity (Wildman–Crippen MR) is 109 cm³/mol. The second-order valence-electron chi connectivity index (χ2n) is 6.63. The Bertz CT molecular complexity index is 1240. The summed E-state index contributed by atoms with van der Waals surface area (Å²) < 4.78 is 2.36. The van der Waals surface area contributed by atoms with Crippen LogP contribution in [0.1, 0.15) is 35.9 Å². The van der Waals surface area contributed by atoms with Gasteiger partial charge in [-0.25, -0.2) is 9.67 Å². The third kappa shape index (κ3) is 3.00. The van der Waals surface area contributed by atoms with Crippen molar-refractivity contribution < 1.29 is 4.79 Å². The molecule has 0 saturated heterocycles. The maximum absolute atomic E-state index is 13.0. The van der Waals surface area contributed by atoms with Gasteiger partial charge in [0.1, 0.15) is 0 Å². The Morgan fingerprint density at radius 3 is 2.56 bits per heavy atom. The van der Waals surface area contributed by atoms with Gasteiger partial charge in [-0.1, -0.05) is 41.7 Å². The Kier molecular flexibility index (Phi) is 4.24. The average Bonchev–Trinajstić information content (AvgIpc) is 3.05. The molecule has 1 amide bonds. The number of amides is 1. The molecular weight excluding hydrogens is 360 g/mol. The molecule has 0 spiro atoms. The number of fused-ring (bicyclic) bond motifs is 2. The summed E-state index contributed by atoms with van der Waals surface area (Å²) in [4.78, 5) is 30.1. The minimum atomic E-state index is -0.377. The van der Waals surface area contributed by atoms with E-state index in [1.165, 1.54) is 16.0 Å². The van der Waals surface area contributed by atoms with Gasteiger partial charge in [-0.2, -0.15) is 5.10 Å². The van der Waals surface area contributed by atoms with Crippen LogP contribution in [-0.4, -0.2) is 20.7 Å². The minimum Gasteiger partial charge on any atom is -0.296 e. The lowest BCUT2D eigenvalue weighted by Gasteiger charge is -2.12. The molecule has 0 aliphatic heterocycles. The van der Waals surface area contributed by atoms with Crippen LogP contribution in [0.3, 0.4) is 0 Å². The van der Waals surface area contributed by atoms with Gasteiger partial charge in [-0.3, -0.25) is 14.9 Å². The molecular formula is C20H18N4O2S. The van der Waals surface area contributed by atoms with Gasteiger partial charge in [-0.15, -0.1) is 0 Å². The highest BCUT2D eigenvalue weighted by Gasteiger charge is 2.19. The minimum absolute atomic E-state index is 0.154. The van der Waals surface area contributed by atoms with Crippen LogP contribution < -0.4 is 10.9 Å². The van der Waals surface area contributed by atoms with Gasteiger partial charge in [0, 0.05) is 5.39 Å². The van der Waals surface area contributed by atoms with Gasteiger partial charge >= 0.3 is 0 Å². The Morgan fingerprint density at radius 1 is 1.11 bits per heavy atom. The van der Waals surface area contributed by atoms with Crippen molar-refractivity contribution in [1.29, 1.82) is 0 Å². The first-order valence-corrected chi connectivity index (χ1v) is 9.46. The summed E-state index contributed by atoms with van der Waals surface area (Å²) in [6, 6.07) is 12.8. The smallest absolute Gasteiger partial charge is 0.278 e. The lowest BCUT2D eigenvalue weighted by atomic mass is 10.1. The van der Waals surface area contributed by atoms with E-state index in [1.807, 2.05) is 39.0 Å². The van der Waals surface area contributed by atoms with Crippen molar-refractivity contribution in [1.82, 2.24) is 14.8 Å². The third-order valence-corrected chi connectivity index (χ3v) is 5.31. The fourth-order valence-electron chi connectivity index (χ4n) is 3.02. The molecule has 0 bridgehead atoms. The summed E-state index contributed by atoms with van der Waals surface area (Å²) in [5.41, 5.74) is 1.95. The second-order valence-corrected chi connectivity index (χ2v) is 7.66. The van der Waals surface area contributed by atoms with Crippen molar-refractivity contribution in [2.24, 2.45) is 0 Å². The van der Waals surface area contributed by atoms with Crippen LogP contribution in [-0.2, 0) is 0 Å². The molecule has 2 heterocycles. The molecule has 0 atom stereocenters. The van der Waals surface area contributed by atoms with Crippen molar-refractivity contribution in [3.63, 3.8) is 0 Å². The van der Waals surface area contributed by atoms with Crippen LogP contribution in [0, 0.1) is 6.92 Å². The van der Waals surface area contributed by atoms with Crippen molar-refractivity contribution in [2.75, 3.05) is 5.32 Å². The molecule has 136 valence electrons. The lowest BCUT2D eigenvalue weighted by Crippen LogP contribution is -2.28. The summed E-state index contributed by atoms with van der Waals surface area (Å²) in [6.07, 6.45) is 0. The van der Waals surface area contributed by atoms with Crippen LogP contribution in [0.25, 0.3) is 21.0 Å². The zero-order chi connectivity index (χ0) is 19.1. The quantitative estimate of drug-likeness (QED) is 0.581. The standard InChI is InChI=1S/C20H18N4O2S/c1-11(2)24-19(26)14-9-5-4-8-13(14)17(23-24)18(25)22-20-21-16-12(3)7-6-10-15(16)27-20/h4-11H,1-3H3,(H,21,22,25). The molecule has 0 aliphatic rings. The summed E-state index contributed by atoms with van der Waals surface area (Å²) >= 11 is 1.41. The number of thiazole rings is 1. The first-order chi connectivity index (χ1) is 13.0. The summed E-state index contributed by atoms with van der Waals surface area (Å²) in [5, 5.41) is 8.71. The normalized spacial score (nSPS) is 11.4. The lowest BCUT2D eigenvalue weighted by molar-refractivity contribution is 0.102. The number of para-hydroxylation sites is 1. The molecule has 0 radical (unpaired) electrons. The van der Waals surface area contributed by atoms with E-state index in [-0.39, 0.29) is 23.2 Å². The second kappa shape index (κ2) is 6.59. The Labute approximate surface area is 159 Å². The fraction of sp³-hybridized carbons (Fsp3) is 0.200. The molecule has 0 saturated carbocycles. The number of hydrogen-bond acceptors (Lipinski definition) is 5. The Balaban J connectivity index is 1.81. The van der Waals surface area contributed by atoms with Gasteiger partial charge in [0.15, 0.2) is 10.8 Å². The van der Waals surface area contributed by atoms with Crippen molar-refractivity contribution in [3.05, 3.63) is 64.1 Å². The van der Waals surface area contributed by atoms with E-state index in [0.29, 0.717) is 15.9 Å². The fourth-order valence-corrected chi connectivity index (χ4v) is 3.96. The number of nitrogens with zero attached hydrogens (tertiary/aromatic N) is 3. The molecule has 0 fully saturated rings. The van der Waals surface area contributed by atoms with Crippen LogP contribution in [0.2, 0.25) is 0 Å². The van der Waals surface area contributed by atoms with E-state index >= 15 is 0 Å². The topological polar surface area (TPSA) is 76.9 Å². The largest absolute Gasteiger partial charge is 0.296 e.